The number of halogens is 1. The maximum atomic E-state index is 14.5. The number of likely N-dealkylation sites (N-methyl/N-ethyl adjacent to an activating group) is 1. The molecule has 0 spiro atoms. The molecule has 0 aliphatic rings. The number of hydrogen-bond acceptors (Lipinski definition) is 2. The van der Waals surface area contributed by atoms with Crippen molar-refractivity contribution in [2.75, 3.05) is 6.54 Å². The normalized spacial score (nSPS) is 11.6. The molecule has 0 fully saturated rings. The molecule has 4 nitrogen and oxygen atoms in total. The maximum absolute atomic E-state index is 14.5. The molecule has 1 unspecified atom stereocenters. The Labute approximate surface area is 189 Å². The van der Waals surface area contributed by atoms with E-state index in [4.69, 9.17) is 0 Å². The molecule has 3 rings (SSSR count). The van der Waals surface area contributed by atoms with Crippen LogP contribution in [0.3, 0.4) is 0 Å². The van der Waals surface area contributed by atoms with Gasteiger partial charge in [-0.1, -0.05) is 78.4 Å². The number of carbonyl (C=O) groups is 2. The van der Waals surface area contributed by atoms with Crippen LogP contribution >= 0.6 is 0 Å². The summed E-state index contributed by atoms with van der Waals surface area (Å²) in [6.45, 7) is 4.28. The first-order valence-corrected chi connectivity index (χ1v) is 10.9. The largest absolute Gasteiger partial charge is 0.355 e. The van der Waals surface area contributed by atoms with E-state index in [2.05, 4.69) is 5.32 Å². The van der Waals surface area contributed by atoms with Crippen molar-refractivity contribution >= 4 is 11.8 Å². The quantitative estimate of drug-likeness (QED) is 0.543. The average Bonchev–Trinajstić information content (AvgIpc) is 2.78. The Balaban J connectivity index is 1.97. The van der Waals surface area contributed by atoms with Gasteiger partial charge in [0.25, 0.3) is 0 Å². The van der Waals surface area contributed by atoms with Gasteiger partial charge < -0.3 is 10.2 Å². The summed E-state index contributed by atoms with van der Waals surface area (Å²) < 4.78 is 14.5. The van der Waals surface area contributed by atoms with Gasteiger partial charge in [-0.25, -0.2) is 4.39 Å². The molecule has 2 amide bonds. The predicted octanol–water partition coefficient (Wildman–Crippen LogP) is 4.45. The molecule has 3 aromatic carbocycles. The fourth-order valence-electron chi connectivity index (χ4n) is 3.75. The highest BCUT2D eigenvalue weighted by atomic mass is 19.1. The smallest absolute Gasteiger partial charge is 0.243 e. The van der Waals surface area contributed by atoms with Crippen molar-refractivity contribution in [1.82, 2.24) is 10.2 Å². The fraction of sp³-hybridized carbons (Fsp3) is 0.259. The van der Waals surface area contributed by atoms with Crippen LogP contribution in [0.15, 0.2) is 78.9 Å². The predicted molar refractivity (Wildman–Crippen MR) is 124 cm³/mol. The molecule has 0 heterocycles. The van der Waals surface area contributed by atoms with E-state index in [1.54, 1.807) is 18.2 Å². The van der Waals surface area contributed by atoms with Crippen molar-refractivity contribution in [3.8, 4) is 0 Å². The standard InChI is InChI=1S/C27H29FN2O2/c1-3-29-27(32)25(17-21-11-5-4-6-12-21)30(19-23-14-7-8-15-24(23)28)26(31)18-22-13-9-10-20(2)16-22/h4-16,25H,3,17-19H2,1-2H3,(H,29,32). The van der Waals surface area contributed by atoms with Crippen LogP contribution in [-0.2, 0) is 29.0 Å². The Kier molecular flexibility index (Phi) is 8.14. The third-order valence-electron chi connectivity index (χ3n) is 5.36. The Bertz CT molecular complexity index is 1050. The summed E-state index contributed by atoms with van der Waals surface area (Å²) >= 11 is 0. The second-order valence-electron chi connectivity index (χ2n) is 7.88. The number of aryl methyl sites for hydroxylation is 1. The van der Waals surface area contributed by atoms with Crippen LogP contribution < -0.4 is 5.32 Å². The van der Waals surface area contributed by atoms with E-state index in [9.17, 15) is 14.0 Å². The highest BCUT2D eigenvalue weighted by Crippen LogP contribution is 2.18. The molecule has 166 valence electrons. The van der Waals surface area contributed by atoms with Crippen molar-refractivity contribution in [2.24, 2.45) is 0 Å². The third kappa shape index (κ3) is 6.27. The van der Waals surface area contributed by atoms with Gasteiger partial charge in [0.05, 0.1) is 6.42 Å². The molecule has 32 heavy (non-hydrogen) atoms. The molecule has 0 radical (unpaired) electrons. The number of nitrogens with zero attached hydrogens (tertiary/aromatic N) is 1. The number of rotatable bonds is 9. The second kappa shape index (κ2) is 11.2. The third-order valence-corrected chi connectivity index (χ3v) is 5.36. The number of hydrogen-bond donors (Lipinski definition) is 1. The lowest BCUT2D eigenvalue weighted by Gasteiger charge is -2.31. The molecule has 0 aliphatic carbocycles. The van der Waals surface area contributed by atoms with Crippen molar-refractivity contribution in [3.63, 3.8) is 0 Å². The lowest BCUT2D eigenvalue weighted by molar-refractivity contribution is -0.140. The van der Waals surface area contributed by atoms with Gasteiger partial charge in [-0.05, 0) is 31.0 Å². The zero-order chi connectivity index (χ0) is 22.9. The lowest BCUT2D eigenvalue weighted by atomic mass is 10.0. The molecule has 5 heteroatoms. The van der Waals surface area contributed by atoms with Gasteiger partial charge in [0.15, 0.2) is 0 Å². The number of benzene rings is 3. The summed E-state index contributed by atoms with van der Waals surface area (Å²) in [5.74, 6) is -0.855. The van der Waals surface area contributed by atoms with Crippen LogP contribution in [-0.4, -0.2) is 29.3 Å². The minimum atomic E-state index is -0.755. The van der Waals surface area contributed by atoms with Gasteiger partial charge in [0.1, 0.15) is 11.9 Å². The van der Waals surface area contributed by atoms with E-state index < -0.39 is 11.9 Å². The summed E-state index contributed by atoms with van der Waals surface area (Å²) in [5.41, 5.74) is 3.24. The summed E-state index contributed by atoms with van der Waals surface area (Å²) in [6, 6.07) is 22.9. The van der Waals surface area contributed by atoms with E-state index >= 15 is 0 Å². The molecule has 3 aromatic rings. The van der Waals surface area contributed by atoms with Gasteiger partial charge in [-0.15, -0.1) is 0 Å². The minimum absolute atomic E-state index is 0.0198. The highest BCUT2D eigenvalue weighted by Gasteiger charge is 2.30. The number of nitrogens with one attached hydrogen (secondary N) is 1. The zero-order valence-corrected chi connectivity index (χ0v) is 18.6. The Morgan fingerprint density at radius 1 is 0.938 bits per heavy atom. The first kappa shape index (κ1) is 23.2. The zero-order valence-electron chi connectivity index (χ0n) is 18.6. The van der Waals surface area contributed by atoms with Crippen molar-refractivity contribution in [2.45, 2.75) is 39.3 Å². The van der Waals surface area contributed by atoms with Crippen LogP contribution in [0.5, 0.6) is 0 Å². The molecular formula is C27H29FN2O2. The summed E-state index contributed by atoms with van der Waals surface area (Å²) in [6.07, 6.45) is 0.488. The Morgan fingerprint density at radius 2 is 1.62 bits per heavy atom. The molecule has 0 aliphatic heterocycles. The second-order valence-corrected chi connectivity index (χ2v) is 7.88. The van der Waals surface area contributed by atoms with Crippen LogP contribution in [0.4, 0.5) is 4.39 Å². The van der Waals surface area contributed by atoms with Gasteiger partial charge in [0, 0.05) is 25.1 Å². The lowest BCUT2D eigenvalue weighted by Crippen LogP contribution is -2.51. The van der Waals surface area contributed by atoms with Gasteiger partial charge in [0.2, 0.25) is 11.8 Å². The summed E-state index contributed by atoms with van der Waals surface area (Å²) in [4.78, 5) is 28.1. The van der Waals surface area contributed by atoms with Crippen molar-refractivity contribution in [1.29, 1.82) is 0 Å². The van der Waals surface area contributed by atoms with E-state index in [0.29, 0.717) is 18.5 Å². The first-order chi connectivity index (χ1) is 15.5. The summed E-state index contributed by atoms with van der Waals surface area (Å²) in [5, 5.41) is 2.85. The van der Waals surface area contributed by atoms with E-state index in [1.165, 1.54) is 11.0 Å². The molecule has 1 atom stereocenters. The molecular weight excluding hydrogens is 403 g/mol. The van der Waals surface area contributed by atoms with E-state index in [-0.39, 0.29) is 24.8 Å². The first-order valence-electron chi connectivity index (χ1n) is 10.9. The van der Waals surface area contributed by atoms with Gasteiger partial charge >= 0.3 is 0 Å². The van der Waals surface area contributed by atoms with Gasteiger partial charge in [-0.3, -0.25) is 9.59 Å². The summed E-state index contributed by atoms with van der Waals surface area (Å²) in [7, 11) is 0. The molecule has 0 bridgehead atoms. The van der Waals surface area contributed by atoms with E-state index in [0.717, 1.165) is 16.7 Å². The Morgan fingerprint density at radius 3 is 2.31 bits per heavy atom. The SMILES string of the molecule is CCNC(=O)C(Cc1ccccc1)N(Cc1ccccc1F)C(=O)Cc1cccc(C)c1. The van der Waals surface area contributed by atoms with Gasteiger partial charge in [-0.2, -0.15) is 0 Å². The maximum Gasteiger partial charge on any atom is 0.243 e. The monoisotopic (exact) mass is 432 g/mol. The van der Waals surface area contributed by atoms with Crippen LogP contribution in [0.25, 0.3) is 0 Å². The van der Waals surface area contributed by atoms with Crippen molar-refractivity contribution in [3.05, 3.63) is 107 Å². The van der Waals surface area contributed by atoms with Crippen LogP contribution in [0.1, 0.15) is 29.2 Å². The minimum Gasteiger partial charge on any atom is -0.355 e. The molecule has 0 saturated heterocycles. The number of amides is 2. The molecule has 1 N–H and O–H groups in total. The van der Waals surface area contributed by atoms with Crippen molar-refractivity contribution < 1.29 is 14.0 Å². The average molecular weight is 433 g/mol. The fourth-order valence-corrected chi connectivity index (χ4v) is 3.75. The molecule has 0 saturated carbocycles. The Hall–Kier alpha value is -3.47. The topological polar surface area (TPSA) is 49.4 Å². The van der Waals surface area contributed by atoms with E-state index in [1.807, 2.05) is 68.4 Å². The number of carbonyl (C=O) groups excluding carboxylic acids is 2. The van der Waals surface area contributed by atoms with Crippen LogP contribution in [0, 0.1) is 12.7 Å². The highest BCUT2D eigenvalue weighted by molar-refractivity contribution is 5.88. The molecule has 0 aromatic heterocycles. The van der Waals surface area contributed by atoms with Crippen LogP contribution in [0.2, 0.25) is 0 Å².